The van der Waals surface area contributed by atoms with Crippen LogP contribution in [-0.4, -0.2) is 34.9 Å². The number of amides is 1. The van der Waals surface area contributed by atoms with E-state index in [1.807, 2.05) is 69.6 Å². The molecule has 0 aliphatic carbocycles. The molecule has 1 amide bonds. The Morgan fingerprint density at radius 3 is 2.44 bits per heavy atom. The van der Waals surface area contributed by atoms with Gasteiger partial charge in [0.1, 0.15) is 0 Å². The van der Waals surface area contributed by atoms with Gasteiger partial charge >= 0.3 is 0 Å². The smallest absolute Gasteiger partial charge is 0.255 e. The second kappa shape index (κ2) is 11.4. The Kier molecular flexibility index (Phi) is 7.79. The van der Waals surface area contributed by atoms with Crippen molar-refractivity contribution in [3.8, 4) is 11.3 Å². The first-order valence-corrected chi connectivity index (χ1v) is 13.2. The molecule has 0 radical (unpaired) electrons. The number of hydrogen-bond donors (Lipinski definition) is 2. The van der Waals surface area contributed by atoms with Gasteiger partial charge in [-0.25, -0.2) is 9.97 Å². The number of aryl methyl sites for hydroxylation is 1. The molecule has 1 aromatic heterocycles. The summed E-state index contributed by atoms with van der Waals surface area (Å²) in [4.78, 5) is 24.5. The Balaban J connectivity index is 1.38. The fourth-order valence-corrected chi connectivity index (χ4v) is 4.69. The zero-order valence-corrected chi connectivity index (χ0v) is 23.3. The van der Waals surface area contributed by atoms with Crippen molar-refractivity contribution in [3.63, 3.8) is 0 Å². The number of fused-ring (bicyclic) bond motifs is 1. The quantitative estimate of drug-likeness (QED) is 0.213. The molecule has 5 aromatic rings. The van der Waals surface area contributed by atoms with Gasteiger partial charge in [-0.05, 0) is 86.7 Å². The minimum Gasteiger partial charge on any atom is -0.324 e. The van der Waals surface area contributed by atoms with Crippen LogP contribution >= 0.6 is 23.2 Å². The molecule has 0 atom stereocenters. The molecule has 8 heteroatoms. The average molecular weight is 556 g/mol. The summed E-state index contributed by atoms with van der Waals surface area (Å²) in [6.07, 6.45) is 0. The molecule has 6 nitrogen and oxygen atoms in total. The van der Waals surface area contributed by atoms with Crippen LogP contribution in [0.1, 0.15) is 21.5 Å². The van der Waals surface area contributed by atoms with Gasteiger partial charge in [-0.15, -0.1) is 0 Å². The first-order valence-electron chi connectivity index (χ1n) is 12.4. The van der Waals surface area contributed by atoms with Crippen LogP contribution in [0.5, 0.6) is 0 Å². The third-order valence-corrected chi connectivity index (χ3v) is 6.80. The molecule has 0 unspecified atom stereocenters. The van der Waals surface area contributed by atoms with Gasteiger partial charge in [-0.3, -0.25) is 4.79 Å². The van der Waals surface area contributed by atoms with Crippen LogP contribution in [0, 0.1) is 6.92 Å². The summed E-state index contributed by atoms with van der Waals surface area (Å²) in [5.41, 5.74) is 6.41. The Labute approximate surface area is 237 Å². The molecule has 0 spiro atoms. The summed E-state index contributed by atoms with van der Waals surface area (Å²) in [7, 11) is 4.04. The minimum absolute atomic E-state index is 0.175. The van der Waals surface area contributed by atoms with Gasteiger partial charge in [0.05, 0.1) is 16.2 Å². The Bertz CT molecular complexity index is 1670. The first kappa shape index (κ1) is 26.6. The maximum absolute atomic E-state index is 13.0. The molecular weight excluding hydrogens is 529 g/mol. The predicted molar refractivity (Wildman–Crippen MR) is 161 cm³/mol. The summed E-state index contributed by atoms with van der Waals surface area (Å²) in [6.45, 7) is 2.78. The number of benzene rings is 4. The molecule has 196 valence electrons. The SMILES string of the molecule is Cc1ccc(CN(C)C)cc1NC(=O)c1ccc(Nc2nc(-c3cc(Cl)ccc3Cl)c3ccccc3n2)cc1. The molecule has 0 saturated heterocycles. The first-order chi connectivity index (χ1) is 18.8. The molecule has 0 saturated carbocycles. The van der Waals surface area contributed by atoms with E-state index in [9.17, 15) is 4.79 Å². The van der Waals surface area contributed by atoms with Crippen molar-refractivity contribution in [2.45, 2.75) is 13.5 Å². The maximum atomic E-state index is 13.0. The molecule has 39 heavy (non-hydrogen) atoms. The van der Waals surface area contributed by atoms with Crippen LogP contribution in [0.2, 0.25) is 10.0 Å². The Morgan fingerprint density at radius 2 is 1.67 bits per heavy atom. The number of carbonyl (C=O) groups excluding carboxylic acids is 1. The molecular formula is C31H27Cl2N5O. The van der Waals surface area contributed by atoms with Gasteiger partial charge in [-0.2, -0.15) is 0 Å². The van der Waals surface area contributed by atoms with Crippen molar-refractivity contribution in [2.24, 2.45) is 0 Å². The molecule has 5 rings (SSSR count). The van der Waals surface area contributed by atoms with Gasteiger partial charge in [0.15, 0.2) is 0 Å². The molecule has 1 heterocycles. The standard InChI is InChI=1S/C31H27Cl2N5O/c1-19-8-9-20(18-38(2)3)16-28(19)35-30(39)21-10-13-23(14-11-21)34-31-36-27-7-5-4-6-24(27)29(37-31)25-17-22(32)12-15-26(25)33/h4-17H,18H2,1-3H3,(H,35,39)(H,34,36,37). The number of nitrogens with one attached hydrogen (secondary N) is 2. The average Bonchev–Trinajstić information content (AvgIpc) is 2.91. The van der Waals surface area contributed by atoms with Crippen LogP contribution < -0.4 is 10.6 Å². The number of para-hydroxylation sites is 1. The number of rotatable bonds is 7. The zero-order chi connectivity index (χ0) is 27.5. The van der Waals surface area contributed by atoms with E-state index in [-0.39, 0.29) is 5.91 Å². The van der Waals surface area contributed by atoms with Gasteiger partial charge in [0.2, 0.25) is 5.95 Å². The lowest BCUT2D eigenvalue weighted by Crippen LogP contribution is -2.14. The van der Waals surface area contributed by atoms with Crippen LogP contribution in [-0.2, 0) is 6.54 Å². The third kappa shape index (κ3) is 6.20. The van der Waals surface area contributed by atoms with Gasteiger partial charge < -0.3 is 15.5 Å². The number of carbonyl (C=O) groups is 1. The van der Waals surface area contributed by atoms with Gasteiger partial charge in [-0.1, -0.05) is 53.5 Å². The van der Waals surface area contributed by atoms with E-state index in [4.69, 9.17) is 28.2 Å². The van der Waals surface area contributed by atoms with Crippen molar-refractivity contribution in [1.29, 1.82) is 0 Å². The van der Waals surface area contributed by atoms with E-state index in [2.05, 4.69) is 26.6 Å². The van der Waals surface area contributed by atoms with E-state index in [1.165, 1.54) is 0 Å². The van der Waals surface area contributed by atoms with Crippen molar-refractivity contribution >= 4 is 57.3 Å². The number of anilines is 3. The van der Waals surface area contributed by atoms with Crippen LogP contribution in [0.25, 0.3) is 22.2 Å². The van der Waals surface area contributed by atoms with Crippen molar-refractivity contribution in [3.05, 3.63) is 112 Å². The minimum atomic E-state index is -0.175. The topological polar surface area (TPSA) is 70.2 Å². The lowest BCUT2D eigenvalue weighted by atomic mass is 10.1. The highest BCUT2D eigenvalue weighted by molar-refractivity contribution is 6.35. The van der Waals surface area contributed by atoms with E-state index < -0.39 is 0 Å². The number of nitrogens with zero attached hydrogens (tertiary/aromatic N) is 3. The largest absolute Gasteiger partial charge is 0.324 e. The molecule has 0 bridgehead atoms. The highest BCUT2D eigenvalue weighted by Gasteiger charge is 2.14. The van der Waals surface area contributed by atoms with Crippen molar-refractivity contribution in [1.82, 2.24) is 14.9 Å². The maximum Gasteiger partial charge on any atom is 0.255 e. The van der Waals surface area contributed by atoms with Crippen molar-refractivity contribution in [2.75, 3.05) is 24.7 Å². The van der Waals surface area contributed by atoms with E-state index in [1.54, 1.807) is 30.3 Å². The molecule has 4 aromatic carbocycles. The third-order valence-electron chi connectivity index (χ3n) is 6.24. The van der Waals surface area contributed by atoms with Crippen molar-refractivity contribution < 1.29 is 4.79 Å². The molecule has 2 N–H and O–H groups in total. The fraction of sp³-hybridized carbons (Fsp3) is 0.129. The molecule has 0 aliphatic heterocycles. The highest BCUT2D eigenvalue weighted by Crippen LogP contribution is 2.34. The van der Waals surface area contributed by atoms with Gasteiger partial charge in [0.25, 0.3) is 5.91 Å². The summed E-state index contributed by atoms with van der Waals surface area (Å²) >= 11 is 12.8. The Morgan fingerprint density at radius 1 is 0.897 bits per heavy atom. The normalized spacial score (nSPS) is 11.1. The summed E-state index contributed by atoms with van der Waals surface area (Å²) in [5.74, 6) is 0.233. The summed E-state index contributed by atoms with van der Waals surface area (Å²) in [6, 6.07) is 26.4. The number of aromatic nitrogens is 2. The highest BCUT2D eigenvalue weighted by atomic mass is 35.5. The molecule has 0 fully saturated rings. The summed E-state index contributed by atoms with van der Waals surface area (Å²) in [5, 5.41) is 8.28. The van der Waals surface area contributed by atoms with Gasteiger partial charge in [0, 0.05) is 39.5 Å². The zero-order valence-electron chi connectivity index (χ0n) is 21.8. The predicted octanol–water partition coefficient (Wildman–Crippen LogP) is 7.97. The number of halogens is 2. The molecule has 0 aliphatic rings. The van der Waals surface area contributed by atoms with Crippen LogP contribution in [0.3, 0.4) is 0 Å². The van der Waals surface area contributed by atoms with E-state index >= 15 is 0 Å². The van der Waals surface area contributed by atoms with Crippen LogP contribution in [0.15, 0.2) is 84.9 Å². The van der Waals surface area contributed by atoms with E-state index in [0.717, 1.165) is 45.5 Å². The Hall–Kier alpha value is -3.97. The summed E-state index contributed by atoms with van der Waals surface area (Å²) < 4.78 is 0. The lowest BCUT2D eigenvalue weighted by Gasteiger charge is -2.14. The lowest BCUT2D eigenvalue weighted by molar-refractivity contribution is 0.102. The number of hydrogen-bond acceptors (Lipinski definition) is 5. The monoisotopic (exact) mass is 555 g/mol. The second-order valence-electron chi connectivity index (χ2n) is 9.58. The van der Waals surface area contributed by atoms with Crippen LogP contribution in [0.4, 0.5) is 17.3 Å². The fourth-order valence-electron chi connectivity index (χ4n) is 4.31. The second-order valence-corrected chi connectivity index (χ2v) is 10.4. The van der Waals surface area contributed by atoms with E-state index in [0.29, 0.717) is 27.3 Å².